The van der Waals surface area contributed by atoms with Gasteiger partial charge < -0.3 is 4.74 Å². The van der Waals surface area contributed by atoms with Gasteiger partial charge in [-0.3, -0.25) is 0 Å². The molecule has 2 rings (SSSR count). The van der Waals surface area contributed by atoms with Crippen molar-refractivity contribution in [1.82, 2.24) is 0 Å². The number of hydrogen-bond acceptors (Lipinski definition) is 2. The zero-order valence-corrected chi connectivity index (χ0v) is 7.19. The van der Waals surface area contributed by atoms with Gasteiger partial charge in [0.15, 0.2) is 0 Å². The average molecular weight is 174 g/mol. The first-order valence-corrected chi connectivity index (χ1v) is 4.26. The standard InChI is InChI=1S/C11H10O2/c12-11(10-6-7-10)13-8-9-4-2-1-3-5-9/h1-6H,7-8H2. The topological polar surface area (TPSA) is 26.3 Å². The molecule has 0 aliphatic heterocycles. The molecule has 2 heteroatoms. The molecule has 0 N–H and O–H groups in total. The maximum atomic E-state index is 11.1. The van der Waals surface area contributed by atoms with Crippen LogP contribution in [0.3, 0.4) is 0 Å². The molecule has 0 bridgehead atoms. The minimum Gasteiger partial charge on any atom is -0.457 e. The summed E-state index contributed by atoms with van der Waals surface area (Å²) in [6.45, 7) is 0.372. The van der Waals surface area contributed by atoms with E-state index in [9.17, 15) is 4.79 Å². The average Bonchev–Trinajstić information content (AvgIpc) is 2.99. The number of rotatable bonds is 3. The first-order valence-electron chi connectivity index (χ1n) is 4.26. The Morgan fingerprint density at radius 3 is 2.62 bits per heavy atom. The summed E-state index contributed by atoms with van der Waals surface area (Å²) in [5, 5.41) is 0. The van der Waals surface area contributed by atoms with Crippen LogP contribution < -0.4 is 0 Å². The summed E-state index contributed by atoms with van der Waals surface area (Å²) in [5.41, 5.74) is 1.83. The summed E-state index contributed by atoms with van der Waals surface area (Å²) in [7, 11) is 0. The normalized spacial score (nSPS) is 13.4. The smallest absolute Gasteiger partial charge is 0.334 e. The molecule has 0 heterocycles. The van der Waals surface area contributed by atoms with E-state index in [0.717, 1.165) is 17.6 Å². The van der Waals surface area contributed by atoms with Crippen molar-refractivity contribution >= 4 is 5.97 Å². The molecule has 1 aromatic rings. The van der Waals surface area contributed by atoms with Crippen molar-refractivity contribution in [2.75, 3.05) is 0 Å². The summed E-state index contributed by atoms with van der Waals surface area (Å²) >= 11 is 0. The van der Waals surface area contributed by atoms with Crippen molar-refractivity contribution < 1.29 is 9.53 Å². The van der Waals surface area contributed by atoms with Crippen molar-refractivity contribution in [3.8, 4) is 0 Å². The quantitative estimate of drug-likeness (QED) is 0.655. The highest BCUT2D eigenvalue weighted by atomic mass is 16.5. The van der Waals surface area contributed by atoms with Crippen molar-refractivity contribution in [2.24, 2.45) is 0 Å². The second kappa shape index (κ2) is 3.44. The number of allylic oxidation sites excluding steroid dienone is 1. The molecule has 0 amide bonds. The van der Waals surface area contributed by atoms with Crippen molar-refractivity contribution in [1.29, 1.82) is 0 Å². The molecule has 0 atom stereocenters. The van der Waals surface area contributed by atoms with Crippen LogP contribution in [0.2, 0.25) is 0 Å². The molecular weight excluding hydrogens is 164 g/mol. The Balaban J connectivity index is 1.85. The maximum absolute atomic E-state index is 11.1. The molecule has 1 aromatic carbocycles. The van der Waals surface area contributed by atoms with Gasteiger partial charge in [-0.25, -0.2) is 4.79 Å². The molecule has 0 spiro atoms. The van der Waals surface area contributed by atoms with E-state index in [1.165, 1.54) is 0 Å². The monoisotopic (exact) mass is 174 g/mol. The third-order valence-corrected chi connectivity index (χ3v) is 1.88. The molecule has 1 aliphatic carbocycles. The Morgan fingerprint density at radius 2 is 2.00 bits per heavy atom. The van der Waals surface area contributed by atoms with E-state index < -0.39 is 0 Å². The predicted molar refractivity (Wildman–Crippen MR) is 48.9 cm³/mol. The summed E-state index contributed by atoms with van der Waals surface area (Å²) in [5.74, 6) is -0.177. The summed E-state index contributed by atoms with van der Waals surface area (Å²) in [4.78, 5) is 11.1. The molecule has 0 unspecified atom stereocenters. The van der Waals surface area contributed by atoms with Gasteiger partial charge in [-0.1, -0.05) is 36.4 Å². The minimum absolute atomic E-state index is 0.177. The molecule has 66 valence electrons. The van der Waals surface area contributed by atoms with Crippen LogP contribution in [0, 0.1) is 0 Å². The highest BCUT2D eigenvalue weighted by Gasteiger charge is 2.18. The highest BCUT2D eigenvalue weighted by Crippen LogP contribution is 2.19. The lowest BCUT2D eigenvalue weighted by atomic mass is 10.2. The largest absolute Gasteiger partial charge is 0.457 e. The van der Waals surface area contributed by atoms with Crippen LogP contribution in [0.4, 0.5) is 0 Å². The zero-order chi connectivity index (χ0) is 9.10. The number of ether oxygens (including phenoxy) is 1. The fraction of sp³-hybridized carbons (Fsp3) is 0.182. The van der Waals surface area contributed by atoms with Gasteiger partial charge in [-0.15, -0.1) is 0 Å². The van der Waals surface area contributed by atoms with Crippen LogP contribution in [-0.4, -0.2) is 5.97 Å². The van der Waals surface area contributed by atoms with Gasteiger partial charge in [0.1, 0.15) is 6.61 Å². The lowest BCUT2D eigenvalue weighted by molar-refractivity contribution is -0.139. The van der Waals surface area contributed by atoms with E-state index >= 15 is 0 Å². The lowest BCUT2D eigenvalue weighted by Crippen LogP contribution is -2.02. The molecule has 0 fully saturated rings. The number of benzene rings is 1. The lowest BCUT2D eigenvalue weighted by Gasteiger charge is -2.01. The fourth-order valence-electron chi connectivity index (χ4n) is 1.03. The van der Waals surface area contributed by atoms with Crippen molar-refractivity contribution in [3.63, 3.8) is 0 Å². The van der Waals surface area contributed by atoms with Gasteiger partial charge in [0, 0.05) is 5.57 Å². The number of carbonyl (C=O) groups is 1. The highest BCUT2D eigenvalue weighted by molar-refractivity contribution is 5.92. The van der Waals surface area contributed by atoms with Gasteiger partial charge in [0.2, 0.25) is 0 Å². The Labute approximate surface area is 76.8 Å². The number of hydrogen-bond donors (Lipinski definition) is 0. The van der Waals surface area contributed by atoms with Crippen molar-refractivity contribution in [2.45, 2.75) is 13.0 Å². The molecule has 1 aliphatic rings. The fourth-order valence-corrected chi connectivity index (χ4v) is 1.03. The summed E-state index contributed by atoms with van der Waals surface area (Å²) in [6.07, 6.45) is 2.67. The van der Waals surface area contributed by atoms with Crippen LogP contribution in [0.1, 0.15) is 12.0 Å². The van der Waals surface area contributed by atoms with Crippen LogP contribution in [0.5, 0.6) is 0 Å². The second-order valence-electron chi connectivity index (χ2n) is 3.00. The van der Waals surface area contributed by atoms with E-state index in [1.54, 1.807) is 0 Å². The Morgan fingerprint density at radius 1 is 1.31 bits per heavy atom. The zero-order valence-electron chi connectivity index (χ0n) is 7.19. The second-order valence-corrected chi connectivity index (χ2v) is 3.00. The molecule has 0 radical (unpaired) electrons. The first-order chi connectivity index (χ1) is 6.36. The van der Waals surface area contributed by atoms with Gasteiger partial charge in [-0.2, -0.15) is 0 Å². The maximum Gasteiger partial charge on any atom is 0.334 e. The third kappa shape index (κ3) is 2.18. The van der Waals surface area contributed by atoms with E-state index in [4.69, 9.17) is 4.74 Å². The van der Waals surface area contributed by atoms with Crippen LogP contribution in [0.25, 0.3) is 0 Å². The van der Waals surface area contributed by atoms with E-state index in [2.05, 4.69) is 0 Å². The molecule has 0 saturated heterocycles. The summed E-state index contributed by atoms with van der Waals surface area (Å²) < 4.78 is 5.04. The van der Waals surface area contributed by atoms with Gasteiger partial charge in [0.25, 0.3) is 0 Å². The Hall–Kier alpha value is -1.57. The van der Waals surface area contributed by atoms with E-state index in [0.29, 0.717) is 6.61 Å². The Bertz CT molecular complexity index is 338. The Kier molecular flexibility index (Phi) is 2.13. The SMILES string of the molecule is O=C(OCc1ccccc1)C1=CC1. The molecule has 13 heavy (non-hydrogen) atoms. The molecule has 0 aromatic heterocycles. The number of carbonyl (C=O) groups excluding carboxylic acids is 1. The predicted octanol–water partition coefficient (Wildman–Crippen LogP) is 2.06. The summed E-state index contributed by atoms with van der Waals surface area (Å²) in [6, 6.07) is 9.68. The molecular formula is C11H10O2. The van der Waals surface area contributed by atoms with Crippen LogP contribution >= 0.6 is 0 Å². The molecule has 0 saturated carbocycles. The minimum atomic E-state index is -0.177. The van der Waals surface area contributed by atoms with Gasteiger partial charge >= 0.3 is 5.97 Å². The van der Waals surface area contributed by atoms with E-state index in [1.807, 2.05) is 36.4 Å². The van der Waals surface area contributed by atoms with Crippen LogP contribution in [-0.2, 0) is 16.1 Å². The molecule has 2 nitrogen and oxygen atoms in total. The van der Waals surface area contributed by atoms with Gasteiger partial charge in [0.05, 0.1) is 0 Å². The van der Waals surface area contributed by atoms with E-state index in [-0.39, 0.29) is 5.97 Å². The van der Waals surface area contributed by atoms with Crippen LogP contribution in [0.15, 0.2) is 42.0 Å². The third-order valence-electron chi connectivity index (χ3n) is 1.88. The first kappa shape index (κ1) is 8.05. The number of esters is 1. The van der Waals surface area contributed by atoms with Crippen molar-refractivity contribution in [3.05, 3.63) is 47.5 Å². The van der Waals surface area contributed by atoms with Gasteiger partial charge in [-0.05, 0) is 12.0 Å².